The van der Waals surface area contributed by atoms with Crippen LogP contribution in [0, 0.1) is 0 Å². The van der Waals surface area contributed by atoms with E-state index >= 15 is 0 Å². The number of piperidine rings is 1. The first-order valence-corrected chi connectivity index (χ1v) is 11.0. The van der Waals surface area contributed by atoms with Crippen molar-refractivity contribution in [3.63, 3.8) is 0 Å². The van der Waals surface area contributed by atoms with E-state index in [1.54, 1.807) is 17.4 Å². The Hall–Kier alpha value is -2.73. The zero-order chi connectivity index (χ0) is 20.2. The molecule has 1 saturated heterocycles. The fraction of sp³-hybridized carbons (Fsp3) is 0.348. The van der Waals surface area contributed by atoms with E-state index in [0.717, 1.165) is 53.7 Å². The molecule has 0 saturated carbocycles. The molecule has 2 aromatic heterocycles. The molecule has 1 unspecified atom stereocenters. The van der Waals surface area contributed by atoms with Crippen molar-refractivity contribution < 1.29 is 14.3 Å². The van der Waals surface area contributed by atoms with E-state index < -0.39 is 5.97 Å². The Morgan fingerprint density at radius 1 is 1.21 bits per heavy atom. The molecule has 1 aliphatic heterocycles. The number of carbonyl (C=O) groups is 2. The van der Waals surface area contributed by atoms with Gasteiger partial charge in [-0.3, -0.25) is 4.79 Å². The van der Waals surface area contributed by atoms with Gasteiger partial charge in [-0.05, 0) is 49.3 Å². The van der Waals surface area contributed by atoms with Gasteiger partial charge in [-0.2, -0.15) is 0 Å². The van der Waals surface area contributed by atoms with Crippen molar-refractivity contribution in [2.75, 3.05) is 13.2 Å². The van der Waals surface area contributed by atoms with Crippen LogP contribution < -0.4 is 0 Å². The summed E-state index contributed by atoms with van der Waals surface area (Å²) < 4.78 is 5.46. The second kappa shape index (κ2) is 8.74. The highest BCUT2D eigenvalue weighted by atomic mass is 32.1. The van der Waals surface area contributed by atoms with Crippen LogP contribution in [0.2, 0.25) is 0 Å². The number of amides is 1. The fourth-order valence-corrected chi connectivity index (χ4v) is 4.62. The van der Waals surface area contributed by atoms with E-state index in [4.69, 9.17) is 4.74 Å². The zero-order valence-electron chi connectivity index (χ0n) is 16.5. The van der Waals surface area contributed by atoms with Gasteiger partial charge in [-0.25, -0.2) is 9.78 Å². The molecule has 0 N–H and O–H groups in total. The third-order valence-electron chi connectivity index (χ3n) is 5.46. The van der Waals surface area contributed by atoms with Crippen LogP contribution in [0.5, 0.6) is 0 Å². The normalized spacial score (nSPS) is 16.7. The van der Waals surface area contributed by atoms with Gasteiger partial charge in [0.1, 0.15) is 0 Å². The number of benzene rings is 1. The van der Waals surface area contributed by atoms with Crippen molar-refractivity contribution in [3.8, 4) is 10.6 Å². The summed E-state index contributed by atoms with van der Waals surface area (Å²) in [6.45, 7) is 2.62. The van der Waals surface area contributed by atoms with Crippen molar-refractivity contribution in [1.29, 1.82) is 0 Å². The summed E-state index contributed by atoms with van der Waals surface area (Å²) >= 11 is 1.57. The van der Waals surface area contributed by atoms with Crippen molar-refractivity contribution >= 4 is 34.1 Å². The van der Waals surface area contributed by atoms with Gasteiger partial charge in [0.2, 0.25) is 0 Å². The molecule has 4 rings (SSSR count). The van der Waals surface area contributed by atoms with Crippen molar-refractivity contribution in [3.05, 3.63) is 53.4 Å². The highest BCUT2D eigenvalue weighted by molar-refractivity contribution is 7.13. The van der Waals surface area contributed by atoms with E-state index in [1.807, 2.05) is 46.7 Å². The predicted octanol–water partition coefficient (Wildman–Crippen LogP) is 4.91. The number of para-hydroxylation sites is 1. The van der Waals surface area contributed by atoms with Gasteiger partial charge in [-0.15, -0.1) is 11.3 Å². The van der Waals surface area contributed by atoms with Crippen LogP contribution in [-0.4, -0.2) is 41.0 Å². The summed E-state index contributed by atoms with van der Waals surface area (Å²) in [5.74, 6) is -0.596. The number of carbonyl (C=O) groups excluding carboxylic acids is 2. The molecular formula is C23H24N2O3S. The van der Waals surface area contributed by atoms with Gasteiger partial charge in [0, 0.05) is 18.0 Å². The number of pyridine rings is 1. The first kappa shape index (κ1) is 19.6. The van der Waals surface area contributed by atoms with Crippen LogP contribution in [0.1, 0.15) is 43.0 Å². The van der Waals surface area contributed by atoms with Crippen LogP contribution in [-0.2, 0) is 9.53 Å². The topological polar surface area (TPSA) is 59.5 Å². The zero-order valence-corrected chi connectivity index (χ0v) is 17.3. The summed E-state index contributed by atoms with van der Waals surface area (Å²) in [5, 5.41) is 2.71. The molecule has 3 heterocycles. The smallest absolute Gasteiger partial charge is 0.339 e. The number of likely N-dealkylation sites (tertiary alicyclic amines) is 1. The van der Waals surface area contributed by atoms with Crippen molar-refractivity contribution in [1.82, 2.24) is 9.88 Å². The third-order valence-corrected chi connectivity index (χ3v) is 6.35. The Bertz CT molecular complexity index is 1020. The molecule has 29 heavy (non-hydrogen) atoms. The molecule has 1 aromatic carbocycles. The maximum absolute atomic E-state index is 12.9. The molecule has 1 atom stereocenters. The van der Waals surface area contributed by atoms with Crippen LogP contribution in [0.4, 0.5) is 0 Å². The Morgan fingerprint density at radius 3 is 2.86 bits per heavy atom. The molecule has 6 heteroatoms. The highest BCUT2D eigenvalue weighted by Gasteiger charge is 2.26. The molecule has 1 fully saturated rings. The minimum Gasteiger partial charge on any atom is -0.452 e. The minimum atomic E-state index is -0.486. The van der Waals surface area contributed by atoms with E-state index in [2.05, 4.69) is 11.9 Å². The van der Waals surface area contributed by atoms with Crippen LogP contribution in [0.25, 0.3) is 21.5 Å². The average molecular weight is 409 g/mol. The highest BCUT2D eigenvalue weighted by Crippen LogP contribution is 2.28. The Labute approximate surface area is 174 Å². The SMILES string of the molecule is CCC1CCCCN1C(=O)COC(=O)c1cc(-c2cccs2)nc2ccccc12. The number of hydrogen-bond acceptors (Lipinski definition) is 5. The number of ether oxygens (including phenoxy) is 1. The van der Waals surface area contributed by atoms with Gasteiger partial charge >= 0.3 is 5.97 Å². The molecule has 1 aliphatic rings. The summed E-state index contributed by atoms with van der Waals surface area (Å²) in [5.41, 5.74) is 1.91. The van der Waals surface area contributed by atoms with Crippen LogP contribution in [0.3, 0.4) is 0 Å². The van der Waals surface area contributed by atoms with Crippen molar-refractivity contribution in [2.24, 2.45) is 0 Å². The molecule has 150 valence electrons. The maximum Gasteiger partial charge on any atom is 0.339 e. The number of rotatable bonds is 5. The summed E-state index contributed by atoms with van der Waals surface area (Å²) in [6.07, 6.45) is 4.11. The van der Waals surface area contributed by atoms with Gasteiger partial charge in [-0.1, -0.05) is 31.2 Å². The molecule has 0 spiro atoms. The first-order chi connectivity index (χ1) is 14.2. The molecule has 5 nitrogen and oxygen atoms in total. The first-order valence-electron chi connectivity index (χ1n) is 10.1. The van der Waals surface area contributed by atoms with E-state index in [0.29, 0.717) is 5.56 Å². The van der Waals surface area contributed by atoms with Crippen molar-refractivity contribution in [2.45, 2.75) is 38.6 Å². The lowest BCUT2D eigenvalue weighted by Gasteiger charge is -2.35. The average Bonchev–Trinajstić information content (AvgIpc) is 3.31. The number of thiophene rings is 1. The molecule has 0 radical (unpaired) electrons. The number of nitrogens with zero attached hydrogens (tertiary/aromatic N) is 2. The summed E-state index contributed by atoms with van der Waals surface area (Å²) in [4.78, 5) is 33.1. The summed E-state index contributed by atoms with van der Waals surface area (Å²) in [7, 11) is 0. The monoisotopic (exact) mass is 408 g/mol. The number of fused-ring (bicyclic) bond motifs is 1. The lowest BCUT2D eigenvalue weighted by atomic mass is 10.00. The number of aromatic nitrogens is 1. The second-order valence-electron chi connectivity index (χ2n) is 7.27. The van der Waals surface area contributed by atoms with E-state index in [-0.39, 0.29) is 18.6 Å². The largest absolute Gasteiger partial charge is 0.452 e. The number of hydrogen-bond donors (Lipinski definition) is 0. The Morgan fingerprint density at radius 2 is 2.07 bits per heavy atom. The Kier molecular flexibility index (Phi) is 5.90. The lowest BCUT2D eigenvalue weighted by Crippen LogP contribution is -2.45. The number of esters is 1. The molecule has 0 aliphatic carbocycles. The van der Waals surface area contributed by atoms with Crippen LogP contribution >= 0.6 is 11.3 Å². The van der Waals surface area contributed by atoms with Gasteiger partial charge in [0.05, 0.1) is 21.7 Å². The fourth-order valence-electron chi connectivity index (χ4n) is 3.94. The quantitative estimate of drug-likeness (QED) is 0.563. The molecule has 0 bridgehead atoms. The van der Waals surface area contributed by atoms with E-state index in [1.165, 1.54) is 0 Å². The summed E-state index contributed by atoms with van der Waals surface area (Å²) in [6, 6.07) is 13.4. The van der Waals surface area contributed by atoms with Gasteiger partial charge in [0.15, 0.2) is 6.61 Å². The minimum absolute atomic E-state index is 0.109. The molecular weight excluding hydrogens is 384 g/mol. The van der Waals surface area contributed by atoms with E-state index in [9.17, 15) is 9.59 Å². The maximum atomic E-state index is 12.9. The third kappa shape index (κ3) is 4.17. The predicted molar refractivity (Wildman–Crippen MR) is 115 cm³/mol. The van der Waals surface area contributed by atoms with Crippen LogP contribution in [0.15, 0.2) is 47.8 Å². The molecule has 3 aromatic rings. The molecule has 1 amide bonds. The standard InChI is InChI=1S/C23H24N2O3S/c1-2-16-8-5-6-12-25(16)22(26)15-28-23(27)18-14-20(21-11-7-13-29-21)24-19-10-4-3-9-17(18)19/h3-4,7,9-11,13-14,16H,2,5-6,8,12,15H2,1H3. The second-order valence-corrected chi connectivity index (χ2v) is 8.22. The lowest BCUT2D eigenvalue weighted by molar-refractivity contribution is -0.138. The van der Waals surface area contributed by atoms with Gasteiger partial charge in [0.25, 0.3) is 5.91 Å². The Balaban J connectivity index is 1.56. The van der Waals surface area contributed by atoms with Gasteiger partial charge < -0.3 is 9.64 Å².